The summed E-state index contributed by atoms with van der Waals surface area (Å²) >= 11 is 0. The van der Waals surface area contributed by atoms with E-state index in [0.717, 1.165) is 23.7 Å². The summed E-state index contributed by atoms with van der Waals surface area (Å²) in [5.41, 5.74) is 3.75. The molecule has 0 bridgehead atoms. The average molecular weight is 436 g/mol. The number of ether oxygens (including phenoxy) is 1. The molecule has 1 aromatic carbocycles. The molecule has 0 radical (unpaired) electrons. The monoisotopic (exact) mass is 436 g/mol. The second-order valence-corrected chi connectivity index (χ2v) is 8.15. The molecule has 3 aromatic heterocycles. The molecule has 1 aliphatic rings. The van der Waals surface area contributed by atoms with Crippen molar-refractivity contribution in [2.24, 2.45) is 7.05 Å². The highest BCUT2D eigenvalue weighted by Crippen LogP contribution is 2.38. The predicted octanol–water partition coefficient (Wildman–Crippen LogP) is 4.35. The molecule has 1 aliphatic heterocycles. The van der Waals surface area contributed by atoms with Crippen molar-refractivity contribution >= 4 is 11.2 Å². The molecule has 32 heavy (non-hydrogen) atoms. The van der Waals surface area contributed by atoms with Crippen molar-refractivity contribution in [1.82, 2.24) is 29.7 Å². The van der Waals surface area contributed by atoms with Crippen LogP contribution in [-0.2, 0) is 11.8 Å². The standard InChI is InChI=1S/C23H22F2N6O/c1-12-13(2)28-23-21(27-12)20(17-5-4-16(24)9-18(17)25)29-22(30-23)14-6-7-32-19(8-14)15-10-26-31(3)11-15/h4-5,9-11,14,19H,6-8H2,1-3H3/t14-,19-/m0/s1. The fourth-order valence-corrected chi connectivity index (χ4v) is 4.05. The van der Waals surface area contributed by atoms with E-state index in [-0.39, 0.29) is 17.6 Å². The van der Waals surface area contributed by atoms with Gasteiger partial charge >= 0.3 is 0 Å². The second kappa shape index (κ2) is 7.98. The van der Waals surface area contributed by atoms with Crippen LogP contribution in [-0.4, -0.2) is 36.3 Å². The number of benzene rings is 1. The highest BCUT2D eigenvalue weighted by Gasteiger charge is 2.29. The summed E-state index contributed by atoms with van der Waals surface area (Å²) < 4.78 is 36.0. The van der Waals surface area contributed by atoms with Crippen LogP contribution in [0.25, 0.3) is 22.4 Å². The van der Waals surface area contributed by atoms with E-state index >= 15 is 0 Å². The Balaban J connectivity index is 1.62. The van der Waals surface area contributed by atoms with E-state index in [1.165, 1.54) is 12.1 Å². The highest BCUT2D eigenvalue weighted by molar-refractivity contribution is 5.87. The molecule has 4 aromatic rings. The summed E-state index contributed by atoms with van der Waals surface area (Å²) in [6, 6.07) is 3.45. The van der Waals surface area contributed by atoms with Crippen LogP contribution < -0.4 is 0 Å². The normalized spacial score (nSPS) is 18.9. The van der Waals surface area contributed by atoms with Crippen LogP contribution in [0.1, 0.15) is 47.6 Å². The summed E-state index contributed by atoms with van der Waals surface area (Å²) in [7, 11) is 1.86. The Bertz CT molecular complexity index is 1320. The van der Waals surface area contributed by atoms with Gasteiger partial charge in [0.15, 0.2) is 5.65 Å². The number of hydrogen-bond donors (Lipinski definition) is 0. The smallest absolute Gasteiger partial charge is 0.182 e. The number of nitrogens with zero attached hydrogens (tertiary/aromatic N) is 6. The van der Waals surface area contributed by atoms with Gasteiger partial charge in [0.2, 0.25) is 0 Å². The summed E-state index contributed by atoms with van der Waals surface area (Å²) in [6.45, 7) is 4.23. The van der Waals surface area contributed by atoms with Gasteiger partial charge in [-0.25, -0.2) is 28.7 Å². The van der Waals surface area contributed by atoms with Crippen LogP contribution in [0.5, 0.6) is 0 Å². The first-order chi connectivity index (χ1) is 15.4. The SMILES string of the molecule is Cc1nc2nc([C@H]3CCO[C@H](c4cnn(C)c4)C3)nc(-c3ccc(F)cc3F)c2nc1C. The van der Waals surface area contributed by atoms with Gasteiger partial charge < -0.3 is 4.74 Å². The van der Waals surface area contributed by atoms with Crippen LogP contribution in [0, 0.1) is 25.5 Å². The van der Waals surface area contributed by atoms with Gasteiger partial charge in [0, 0.05) is 43.0 Å². The van der Waals surface area contributed by atoms with Crippen molar-refractivity contribution in [2.45, 2.75) is 38.7 Å². The first-order valence-electron chi connectivity index (χ1n) is 10.5. The Kier molecular flexibility index (Phi) is 5.13. The maximum atomic E-state index is 14.7. The minimum atomic E-state index is -0.698. The third kappa shape index (κ3) is 3.73. The van der Waals surface area contributed by atoms with Gasteiger partial charge in [-0.15, -0.1) is 0 Å². The first kappa shape index (κ1) is 20.6. The van der Waals surface area contributed by atoms with E-state index in [1.807, 2.05) is 27.1 Å². The van der Waals surface area contributed by atoms with Gasteiger partial charge in [0.25, 0.3) is 0 Å². The number of fused-ring (bicyclic) bond motifs is 1. The molecular formula is C23H22F2N6O. The van der Waals surface area contributed by atoms with Crippen LogP contribution in [0.15, 0.2) is 30.6 Å². The number of rotatable bonds is 3. The van der Waals surface area contributed by atoms with Crippen molar-refractivity contribution in [2.75, 3.05) is 6.61 Å². The number of aryl methyl sites for hydroxylation is 3. The van der Waals surface area contributed by atoms with E-state index in [4.69, 9.17) is 14.7 Å². The van der Waals surface area contributed by atoms with Gasteiger partial charge in [-0.1, -0.05) is 0 Å². The van der Waals surface area contributed by atoms with Gasteiger partial charge in [0.1, 0.15) is 28.7 Å². The molecule has 5 rings (SSSR count). The Morgan fingerprint density at radius 1 is 1.06 bits per heavy atom. The zero-order chi connectivity index (χ0) is 22.4. The van der Waals surface area contributed by atoms with Gasteiger partial charge in [-0.3, -0.25) is 4.68 Å². The maximum Gasteiger partial charge on any atom is 0.182 e. The fourth-order valence-electron chi connectivity index (χ4n) is 4.05. The quantitative estimate of drug-likeness (QED) is 0.475. The van der Waals surface area contributed by atoms with Crippen LogP contribution in [0.3, 0.4) is 0 Å². The van der Waals surface area contributed by atoms with E-state index in [9.17, 15) is 8.78 Å². The van der Waals surface area contributed by atoms with Crippen molar-refractivity contribution in [3.8, 4) is 11.3 Å². The lowest BCUT2D eigenvalue weighted by atomic mass is 9.92. The number of hydrogen-bond acceptors (Lipinski definition) is 6. The Morgan fingerprint density at radius 3 is 2.62 bits per heavy atom. The third-order valence-electron chi connectivity index (χ3n) is 5.89. The molecule has 0 N–H and O–H groups in total. The van der Waals surface area contributed by atoms with E-state index in [1.54, 1.807) is 10.9 Å². The average Bonchev–Trinajstić information content (AvgIpc) is 3.21. The van der Waals surface area contributed by atoms with E-state index < -0.39 is 11.6 Å². The van der Waals surface area contributed by atoms with Crippen LogP contribution in [0.4, 0.5) is 8.78 Å². The molecule has 4 heterocycles. The Hall–Kier alpha value is -3.33. The summed E-state index contributed by atoms with van der Waals surface area (Å²) in [6.07, 6.45) is 5.00. The van der Waals surface area contributed by atoms with E-state index in [2.05, 4.69) is 15.1 Å². The largest absolute Gasteiger partial charge is 0.373 e. The topological polar surface area (TPSA) is 78.6 Å². The molecule has 0 unspecified atom stereocenters. The second-order valence-electron chi connectivity index (χ2n) is 8.15. The molecule has 0 saturated carbocycles. The van der Waals surface area contributed by atoms with Crippen molar-refractivity contribution < 1.29 is 13.5 Å². The maximum absolute atomic E-state index is 14.7. The summed E-state index contributed by atoms with van der Waals surface area (Å²) in [5, 5.41) is 4.23. The van der Waals surface area contributed by atoms with Gasteiger partial charge in [0.05, 0.1) is 23.7 Å². The van der Waals surface area contributed by atoms with Crippen molar-refractivity contribution in [3.63, 3.8) is 0 Å². The number of halogens is 2. The van der Waals surface area contributed by atoms with Gasteiger partial charge in [-0.05, 0) is 38.8 Å². The fraction of sp³-hybridized carbons (Fsp3) is 0.348. The lowest BCUT2D eigenvalue weighted by Gasteiger charge is -2.28. The molecule has 164 valence electrons. The summed E-state index contributed by atoms with van der Waals surface area (Å²) in [5.74, 6) is -0.794. The molecule has 1 fully saturated rings. The number of aromatic nitrogens is 6. The Labute approximate surface area is 183 Å². The minimum absolute atomic E-state index is 0.0102. The molecule has 0 aliphatic carbocycles. The van der Waals surface area contributed by atoms with Crippen LogP contribution in [0.2, 0.25) is 0 Å². The zero-order valence-electron chi connectivity index (χ0n) is 18.0. The Morgan fingerprint density at radius 2 is 1.88 bits per heavy atom. The third-order valence-corrected chi connectivity index (χ3v) is 5.89. The highest BCUT2D eigenvalue weighted by atomic mass is 19.1. The molecular weight excluding hydrogens is 414 g/mol. The lowest BCUT2D eigenvalue weighted by Crippen LogP contribution is -2.20. The first-order valence-corrected chi connectivity index (χ1v) is 10.5. The van der Waals surface area contributed by atoms with Gasteiger partial charge in [-0.2, -0.15) is 5.10 Å². The van der Waals surface area contributed by atoms with Crippen LogP contribution >= 0.6 is 0 Å². The van der Waals surface area contributed by atoms with Crippen molar-refractivity contribution in [3.05, 3.63) is 65.0 Å². The molecule has 2 atom stereocenters. The molecule has 1 saturated heterocycles. The lowest BCUT2D eigenvalue weighted by molar-refractivity contribution is 0.00398. The molecule has 0 spiro atoms. The minimum Gasteiger partial charge on any atom is -0.373 e. The molecule has 0 amide bonds. The molecule has 7 nitrogen and oxygen atoms in total. The predicted molar refractivity (Wildman–Crippen MR) is 114 cm³/mol. The van der Waals surface area contributed by atoms with E-state index in [0.29, 0.717) is 41.4 Å². The molecule has 9 heteroatoms. The van der Waals surface area contributed by atoms with Crippen molar-refractivity contribution in [1.29, 1.82) is 0 Å². The summed E-state index contributed by atoms with van der Waals surface area (Å²) in [4.78, 5) is 18.6. The zero-order valence-corrected chi connectivity index (χ0v) is 18.0.